The number of likely N-dealkylation sites (tertiary alicyclic amines) is 1. The van der Waals surface area contributed by atoms with E-state index in [9.17, 15) is 9.59 Å². The Morgan fingerprint density at radius 1 is 1.07 bits per heavy atom. The van der Waals surface area contributed by atoms with E-state index in [2.05, 4.69) is 4.90 Å². The number of hydrogen-bond acceptors (Lipinski definition) is 4. The largest absolute Gasteiger partial charge is 0.369 e. The highest BCUT2D eigenvalue weighted by Gasteiger charge is 2.31. The van der Waals surface area contributed by atoms with E-state index in [4.69, 9.17) is 17.3 Å². The summed E-state index contributed by atoms with van der Waals surface area (Å²) >= 11 is 7.85. The average Bonchev–Trinajstić information content (AvgIpc) is 2.66. The number of carbonyl (C=O) groups excluding carboxylic acids is 2. The van der Waals surface area contributed by atoms with Gasteiger partial charge >= 0.3 is 0 Å². The van der Waals surface area contributed by atoms with E-state index >= 15 is 0 Å². The standard InChI is InChI=1S/C20H20ClN3O2S/c21-14-5-6-18-16(11-14)24(15-3-1-2-4-17(15)27-18)19(25)12-23-9-7-13(8-10-23)20(22)26/h1-6,11,13H,7-10,12H2,(H2,22,26). The quantitative estimate of drug-likeness (QED) is 0.852. The van der Waals surface area contributed by atoms with Gasteiger partial charge in [0, 0.05) is 20.7 Å². The summed E-state index contributed by atoms with van der Waals surface area (Å²) in [5.41, 5.74) is 7.11. The van der Waals surface area contributed by atoms with Crippen molar-refractivity contribution in [3.8, 4) is 0 Å². The molecule has 0 bridgehead atoms. The van der Waals surface area contributed by atoms with Gasteiger partial charge < -0.3 is 5.73 Å². The molecule has 0 aliphatic carbocycles. The molecule has 2 aromatic rings. The van der Waals surface area contributed by atoms with Crippen molar-refractivity contribution in [3.05, 3.63) is 47.5 Å². The van der Waals surface area contributed by atoms with Crippen molar-refractivity contribution in [2.24, 2.45) is 11.7 Å². The average molecular weight is 402 g/mol. The number of rotatable bonds is 3. The zero-order valence-corrected chi connectivity index (χ0v) is 16.3. The summed E-state index contributed by atoms with van der Waals surface area (Å²) in [6.45, 7) is 1.70. The number of halogens is 1. The van der Waals surface area contributed by atoms with E-state index in [0.29, 0.717) is 37.5 Å². The highest BCUT2D eigenvalue weighted by Crippen LogP contribution is 2.48. The molecule has 0 spiro atoms. The zero-order chi connectivity index (χ0) is 19.0. The van der Waals surface area contributed by atoms with Gasteiger partial charge in [0.1, 0.15) is 0 Å². The maximum absolute atomic E-state index is 13.3. The van der Waals surface area contributed by atoms with Gasteiger partial charge in [0.2, 0.25) is 11.8 Å². The number of hydrogen-bond donors (Lipinski definition) is 1. The lowest BCUT2D eigenvalue weighted by atomic mass is 9.96. The summed E-state index contributed by atoms with van der Waals surface area (Å²) in [5, 5.41) is 0.605. The molecule has 1 saturated heterocycles. The van der Waals surface area contributed by atoms with E-state index in [1.165, 1.54) is 0 Å². The first-order valence-corrected chi connectivity index (χ1v) is 10.1. The number of fused-ring (bicyclic) bond motifs is 2. The Labute approximate surface area is 167 Å². The highest BCUT2D eigenvalue weighted by molar-refractivity contribution is 7.99. The Balaban J connectivity index is 1.58. The molecule has 5 nitrogen and oxygen atoms in total. The molecule has 140 valence electrons. The van der Waals surface area contributed by atoms with Crippen LogP contribution < -0.4 is 10.6 Å². The van der Waals surface area contributed by atoms with E-state index in [1.807, 2.05) is 42.5 Å². The molecule has 0 unspecified atom stereocenters. The van der Waals surface area contributed by atoms with Crippen LogP contribution >= 0.6 is 23.4 Å². The molecule has 2 amide bonds. The predicted octanol–water partition coefficient (Wildman–Crippen LogP) is 3.67. The number of amides is 2. The van der Waals surface area contributed by atoms with Crippen LogP contribution in [0.5, 0.6) is 0 Å². The van der Waals surface area contributed by atoms with Crippen LogP contribution in [-0.4, -0.2) is 36.3 Å². The lowest BCUT2D eigenvalue weighted by Gasteiger charge is -2.35. The molecule has 0 radical (unpaired) electrons. The van der Waals surface area contributed by atoms with E-state index in [1.54, 1.807) is 16.7 Å². The summed E-state index contributed by atoms with van der Waals surface area (Å²) in [5.74, 6) is -0.321. The monoisotopic (exact) mass is 401 g/mol. The van der Waals surface area contributed by atoms with Crippen molar-refractivity contribution in [2.45, 2.75) is 22.6 Å². The molecule has 0 atom stereocenters. The van der Waals surface area contributed by atoms with Crippen molar-refractivity contribution < 1.29 is 9.59 Å². The molecule has 2 heterocycles. The van der Waals surface area contributed by atoms with Gasteiger partial charge in [-0.1, -0.05) is 35.5 Å². The SMILES string of the molecule is NC(=O)C1CCN(CC(=O)N2c3ccccc3Sc3ccc(Cl)cc32)CC1. The Bertz CT molecular complexity index is 897. The lowest BCUT2D eigenvalue weighted by molar-refractivity contribution is -0.123. The minimum atomic E-state index is -0.244. The van der Waals surface area contributed by atoms with E-state index in [-0.39, 0.29) is 17.7 Å². The van der Waals surface area contributed by atoms with Crippen molar-refractivity contribution in [1.29, 1.82) is 0 Å². The summed E-state index contributed by atoms with van der Waals surface area (Å²) in [4.78, 5) is 30.5. The topological polar surface area (TPSA) is 66.6 Å². The van der Waals surface area contributed by atoms with Crippen molar-refractivity contribution in [3.63, 3.8) is 0 Å². The minimum Gasteiger partial charge on any atom is -0.369 e. The van der Waals surface area contributed by atoms with E-state index < -0.39 is 0 Å². The first-order valence-electron chi connectivity index (χ1n) is 8.94. The van der Waals surface area contributed by atoms with Gasteiger partial charge in [-0.2, -0.15) is 0 Å². The Kier molecular flexibility index (Phi) is 5.12. The lowest BCUT2D eigenvalue weighted by Crippen LogP contribution is -2.44. The van der Waals surface area contributed by atoms with Crippen LogP contribution in [0, 0.1) is 5.92 Å². The molecule has 7 heteroatoms. The van der Waals surface area contributed by atoms with Crippen LogP contribution in [0.15, 0.2) is 52.3 Å². The summed E-state index contributed by atoms with van der Waals surface area (Å²) in [7, 11) is 0. The molecule has 2 aliphatic rings. The molecular formula is C20H20ClN3O2S. The number of para-hydroxylation sites is 1. The van der Waals surface area contributed by atoms with Crippen LogP contribution in [0.1, 0.15) is 12.8 Å². The third kappa shape index (κ3) is 3.70. The molecule has 4 rings (SSSR count). The fraction of sp³-hybridized carbons (Fsp3) is 0.300. The van der Waals surface area contributed by atoms with Gasteiger partial charge in [0.05, 0.1) is 17.9 Å². The summed E-state index contributed by atoms with van der Waals surface area (Å²) in [6.07, 6.45) is 1.41. The maximum Gasteiger partial charge on any atom is 0.245 e. The molecular weight excluding hydrogens is 382 g/mol. The van der Waals surface area contributed by atoms with Gasteiger partial charge in [0.25, 0.3) is 0 Å². The van der Waals surface area contributed by atoms with Crippen molar-refractivity contribution in [2.75, 3.05) is 24.5 Å². The zero-order valence-electron chi connectivity index (χ0n) is 14.7. The van der Waals surface area contributed by atoms with Gasteiger partial charge in [0.15, 0.2) is 0 Å². The van der Waals surface area contributed by atoms with Crippen molar-refractivity contribution >= 4 is 46.6 Å². The third-order valence-corrected chi connectivity index (χ3v) is 6.45. The Hall–Kier alpha value is -2.02. The van der Waals surface area contributed by atoms with Crippen LogP contribution in [0.4, 0.5) is 11.4 Å². The fourth-order valence-corrected chi connectivity index (χ4v) is 4.84. The number of primary amides is 1. The van der Waals surface area contributed by atoms with Crippen LogP contribution in [0.2, 0.25) is 5.02 Å². The van der Waals surface area contributed by atoms with E-state index in [0.717, 1.165) is 21.2 Å². The second kappa shape index (κ2) is 7.54. The van der Waals surface area contributed by atoms with Gasteiger partial charge in [-0.15, -0.1) is 0 Å². The number of nitrogens with two attached hydrogens (primary N) is 1. The Morgan fingerprint density at radius 3 is 2.52 bits per heavy atom. The van der Waals surface area contributed by atoms with Crippen molar-refractivity contribution in [1.82, 2.24) is 4.90 Å². The van der Waals surface area contributed by atoms with Gasteiger partial charge in [-0.25, -0.2) is 0 Å². The number of nitrogens with zero attached hydrogens (tertiary/aromatic N) is 2. The third-order valence-electron chi connectivity index (χ3n) is 5.09. The maximum atomic E-state index is 13.3. The highest BCUT2D eigenvalue weighted by atomic mass is 35.5. The molecule has 1 fully saturated rings. The number of benzene rings is 2. The predicted molar refractivity (Wildman–Crippen MR) is 108 cm³/mol. The summed E-state index contributed by atoms with van der Waals surface area (Å²) in [6, 6.07) is 13.5. The molecule has 2 aromatic carbocycles. The minimum absolute atomic E-state index is 0.00351. The fourth-order valence-electron chi connectivity index (χ4n) is 3.63. The smallest absolute Gasteiger partial charge is 0.245 e. The first-order chi connectivity index (χ1) is 13.0. The molecule has 2 N–H and O–H groups in total. The Morgan fingerprint density at radius 2 is 1.78 bits per heavy atom. The first kappa shape index (κ1) is 18.3. The van der Waals surface area contributed by atoms with Gasteiger partial charge in [-0.3, -0.25) is 19.4 Å². The normalized spacial score (nSPS) is 17.3. The van der Waals surface area contributed by atoms with Crippen LogP contribution in [0.3, 0.4) is 0 Å². The number of anilines is 2. The molecule has 0 aromatic heterocycles. The van der Waals surface area contributed by atoms with Crippen LogP contribution in [0.25, 0.3) is 0 Å². The number of piperidine rings is 1. The second-order valence-electron chi connectivity index (χ2n) is 6.86. The van der Waals surface area contributed by atoms with Crippen LogP contribution in [-0.2, 0) is 9.59 Å². The summed E-state index contributed by atoms with van der Waals surface area (Å²) < 4.78 is 0. The second-order valence-corrected chi connectivity index (χ2v) is 8.38. The molecule has 27 heavy (non-hydrogen) atoms. The van der Waals surface area contributed by atoms with Gasteiger partial charge in [-0.05, 0) is 56.3 Å². The molecule has 0 saturated carbocycles. The number of carbonyl (C=O) groups is 2. The molecule has 2 aliphatic heterocycles.